The van der Waals surface area contributed by atoms with Crippen LogP contribution in [-0.4, -0.2) is 38.2 Å². The molecule has 0 N–H and O–H groups in total. The maximum atomic E-state index is 14.0. The van der Waals surface area contributed by atoms with Crippen molar-refractivity contribution in [2.45, 2.75) is 32.7 Å². The van der Waals surface area contributed by atoms with Gasteiger partial charge in [-0.25, -0.2) is 9.79 Å². The fraction of sp³-hybridized carbons (Fsp3) is 0.321. The number of methoxy groups -OCH3 is 2. The van der Waals surface area contributed by atoms with Gasteiger partial charge in [-0.15, -0.1) is 0 Å². The van der Waals surface area contributed by atoms with Gasteiger partial charge in [-0.05, 0) is 55.3 Å². The fourth-order valence-corrected chi connectivity index (χ4v) is 5.64. The lowest BCUT2D eigenvalue weighted by molar-refractivity contribution is -0.139. The Hall–Kier alpha value is -4.05. The third kappa shape index (κ3) is 4.56. The predicted molar refractivity (Wildman–Crippen MR) is 142 cm³/mol. The summed E-state index contributed by atoms with van der Waals surface area (Å²) in [6.45, 7) is 4.12. The third-order valence-electron chi connectivity index (χ3n) is 6.32. The van der Waals surface area contributed by atoms with Gasteiger partial charge in [-0.2, -0.15) is 0 Å². The number of ether oxygens (including phenoxy) is 5. The van der Waals surface area contributed by atoms with E-state index in [1.807, 2.05) is 25.1 Å². The number of benzene rings is 2. The standard InChI is InChI=1S/C28H28N2O7S/c1-5-7-19-24(27(32)35-6-2)25(18-14-17(33-3)9-11-20(18)34-4)30-26(31)23(38-28(30)29-19)13-16-8-10-21-22(12-16)37-15-36-21/h8-14,25H,5-7,15H2,1-4H3/b23-13-/t25-/m1/s1. The monoisotopic (exact) mass is 536 g/mol. The van der Waals surface area contributed by atoms with E-state index in [0.717, 1.165) is 12.0 Å². The second-order valence-corrected chi connectivity index (χ2v) is 9.64. The lowest BCUT2D eigenvalue weighted by Crippen LogP contribution is -2.40. The van der Waals surface area contributed by atoms with Crippen LogP contribution in [0.1, 0.15) is 43.9 Å². The van der Waals surface area contributed by atoms with Crippen LogP contribution in [0.2, 0.25) is 0 Å². The zero-order valence-corrected chi connectivity index (χ0v) is 22.4. The Morgan fingerprint density at radius 3 is 2.68 bits per heavy atom. The number of hydrogen-bond acceptors (Lipinski definition) is 9. The highest BCUT2D eigenvalue weighted by Crippen LogP contribution is 2.39. The Kier molecular flexibility index (Phi) is 7.24. The lowest BCUT2D eigenvalue weighted by atomic mass is 9.93. The molecule has 0 aliphatic carbocycles. The first-order valence-electron chi connectivity index (χ1n) is 12.3. The Morgan fingerprint density at radius 1 is 1.13 bits per heavy atom. The van der Waals surface area contributed by atoms with Crippen molar-refractivity contribution in [1.82, 2.24) is 4.57 Å². The summed E-state index contributed by atoms with van der Waals surface area (Å²) in [6.07, 6.45) is 3.10. The van der Waals surface area contributed by atoms with Crippen molar-refractivity contribution in [3.63, 3.8) is 0 Å². The molecular weight excluding hydrogens is 508 g/mol. The molecule has 38 heavy (non-hydrogen) atoms. The molecule has 2 aliphatic heterocycles. The summed E-state index contributed by atoms with van der Waals surface area (Å²) in [5, 5.41) is 0. The molecule has 9 nitrogen and oxygen atoms in total. The number of hydrogen-bond donors (Lipinski definition) is 0. The van der Waals surface area contributed by atoms with Crippen LogP contribution in [0.15, 0.2) is 57.5 Å². The second kappa shape index (κ2) is 10.7. The van der Waals surface area contributed by atoms with Gasteiger partial charge in [0.15, 0.2) is 16.3 Å². The molecule has 2 aromatic carbocycles. The summed E-state index contributed by atoms with van der Waals surface area (Å²) >= 11 is 1.27. The van der Waals surface area contributed by atoms with Crippen molar-refractivity contribution < 1.29 is 28.5 Å². The van der Waals surface area contributed by atoms with Crippen LogP contribution in [0, 0.1) is 0 Å². The van der Waals surface area contributed by atoms with E-state index in [-0.39, 0.29) is 19.0 Å². The van der Waals surface area contributed by atoms with Gasteiger partial charge in [-0.1, -0.05) is 30.7 Å². The van der Waals surface area contributed by atoms with Gasteiger partial charge in [0.05, 0.1) is 36.6 Å². The quantitative estimate of drug-likeness (QED) is 0.408. The van der Waals surface area contributed by atoms with Gasteiger partial charge in [-0.3, -0.25) is 9.36 Å². The summed E-state index contributed by atoms with van der Waals surface area (Å²) in [7, 11) is 3.11. The number of carbonyl (C=O) groups is 1. The first-order valence-corrected chi connectivity index (χ1v) is 13.1. The Bertz CT molecular complexity index is 1600. The summed E-state index contributed by atoms with van der Waals surface area (Å²) in [6, 6.07) is 10.0. The highest BCUT2D eigenvalue weighted by atomic mass is 32.1. The van der Waals surface area contributed by atoms with Gasteiger partial charge in [0.2, 0.25) is 6.79 Å². The lowest BCUT2D eigenvalue weighted by Gasteiger charge is -2.27. The van der Waals surface area contributed by atoms with Crippen LogP contribution in [0.3, 0.4) is 0 Å². The number of fused-ring (bicyclic) bond motifs is 2. The smallest absolute Gasteiger partial charge is 0.338 e. The normalized spacial score (nSPS) is 16.2. The molecule has 5 rings (SSSR count). The van der Waals surface area contributed by atoms with Crippen LogP contribution in [-0.2, 0) is 9.53 Å². The van der Waals surface area contributed by atoms with Crippen molar-refractivity contribution >= 4 is 23.4 Å². The zero-order chi connectivity index (χ0) is 26.8. The maximum Gasteiger partial charge on any atom is 0.338 e. The molecule has 0 spiro atoms. The minimum atomic E-state index is -0.809. The zero-order valence-electron chi connectivity index (χ0n) is 21.6. The number of thiazole rings is 1. The number of nitrogens with zero attached hydrogens (tertiary/aromatic N) is 2. The van der Waals surface area contributed by atoms with E-state index >= 15 is 0 Å². The van der Waals surface area contributed by atoms with Crippen molar-refractivity contribution in [3.05, 3.63) is 78.5 Å². The Morgan fingerprint density at radius 2 is 1.95 bits per heavy atom. The van der Waals surface area contributed by atoms with Crippen molar-refractivity contribution in [3.8, 4) is 23.0 Å². The van der Waals surface area contributed by atoms with Gasteiger partial charge < -0.3 is 23.7 Å². The average Bonchev–Trinajstić information content (AvgIpc) is 3.51. The molecule has 1 atom stereocenters. The summed E-state index contributed by atoms with van der Waals surface area (Å²) in [4.78, 5) is 32.6. The first kappa shape index (κ1) is 25.6. The molecule has 0 fully saturated rings. The molecule has 0 bridgehead atoms. The minimum Gasteiger partial charge on any atom is -0.497 e. The number of aromatic nitrogens is 1. The minimum absolute atomic E-state index is 0.167. The molecule has 198 valence electrons. The fourth-order valence-electron chi connectivity index (χ4n) is 4.62. The number of esters is 1. The molecule has 0 saturated heterocycles. The van der Waals surface area contributed by atoms with E-state index in [1.54, 1.807) is 50.0 Å². The number of carbonyl (C=O) groups excluding carboxylic acids is 1. The highest BCUT2D eigenvalue weighted by Gasteiger charge is 2.36. The topological polar surface area (TPSA) is 97.6 Å². The van der Waals surface area contributed by atoms with Crippen molar-refractivity contribution in [2.75, 3.05) is 27.6 Å². The molecule has 0 saturated carbocycles. The van der Waals surface area contributed by atoms with Gasteiger partial charge in [0.1, 0.15) is 17.5 Å². The summed E-state index contributed by atoms with van der Waals surface area (Å²) in [5.74, 6) is 1.86. The second-order valence-electron chi connectivity index (χ2n) is 8.63. The van der Waals surface area contributed by atoms with E-state index in [4.69, 9.17) is 28.7 Å². The van der Waals surface area contributed by atoms with Gasteiger partial charge >= 0.3 is 5.97 Å². The van der Waals surface area contributed by atoms with E-state index in [1.165, 1.54) is 11.3 Å². The maximum absolute atomic E-state index is 14.0. The number of rotatable bonds is 8. The molecule has 0 radical (unpaired) electrons. The van der Waals surface area contributed by atoms with Crippen molar-refractivity contribution in [1.29, 1.82) is 0 Å². The summed E-state index contributed by atoms with van der Waals surface area (Å²) in [5.41, 5.74) is 2.03. The molecule has 3 heterocycles. The van der Waals surface area contributed by atoms with Gasteiger partial charge in [0, 0.05) is 5.56 Å². The van der Waals surface area contributed by atoms with Crippen LogP contribution < -0.4 is 33.8 Å². The largest absolute Gasteiger partial charge is 0.497 e. The van der Waals surface area contributed by atoms with E-state index in [0.29, 0.717) is 55.6 Å². The molecule has 1 aromatic heterocycles. The van der Waals surface area contributed by atoms with Gasteiger partial charge in [0.25, 0.3) is 5.56 Å². The van der Waals surface area contributed by atoms with Crippen LogP contribution in [0.25, 0.3) is 6.08 Å². The Labute approximate surface area is 223 Å². The Balaban J connectivity index is 1.77. The highest BCUT2D eigenvalue weighted by molar-refractivity contribution is 7.07. The third-order valence-corrected chi connectivity index (χ3v) is 7.30. The van der Waals surface area contributed by atoms with Crippen LogP contribution in [0.4, 0.5) is 0 Å². The predicted octanol–water partition coefficient (Wildman–Crippen LogP) is 3.32. The molecule has 2 aliphatic rings. The molecule has 3 aromatic rings. The van der Waals surface area contributed by atoms with E-state index in [2.05, 4.69) is 0 Å². The SMILES string of the molecule is CCCC1=C(C(=O)OCC)[C@@H](c2cc(OC)ccc2OC)n2c(s/c(=C\c3ccc4c(c3)OCO4)c2=O)=N1. The van der Waals surface area contributed by atoms with Crippen LogP contribution >= 0.6 is 11.3 Å². The van der Waals surface area contributed by atoms with E-state index in [9.17, 15) is 9.59 Å². The molecule has 0 unspecified atom stereocenters. The average molecular weight is 537 g/mol. The van der Waals surface area contributed by atoms with E-state index < -0.39 is 12.0 Å². The molecule has 10 heteroatoms. The number of allylic oxidation sites excluding steroid dienone is 1. The van der Waals surface area contributed by atoms with Crippen LogP contribution in [0.5, 0.6) is 23.0 Å². The van der Waals surface area contributed by atoms with Crippen molar-refractivity contribution in [2.24, 2.45) is 4.99 Å². The molecular formula is C28H28N2O7S. The first-order chi connectivity index (χ1) is 18.5. The summed E-state index contributed by atoms with van der Waals surface area (Å²) < 4.78 is 29.5. The molecule has 0 amide bonds.